The molecule has 3 N–H and O–H groups in total. The highest BCUT2D eigenvalue weighted by atomic mass is 16.5. The van der Waals surface area contributed by atoms with Gasteiger partial charge in [0.15, 0.2) is 0 Å². The number of amides is 3. The minimum atomic E-state index is -1.03. The molecule has 1 spiro atoms. The number of carbonyl (C=O) groups is 3. The summed E-state index contributed by atoms with van der Waals surface area (Å²) in [6.07, 6.45) is 3.71. The summed E-state index contributed by atoms with van der Waals surface area (Å²) in [5.41, 5.74) is -0.882. The van der Waals surface area contributed by atoms with Crippen LogP contribution in [0.1, 0.15) is 51.5 Å². The molecule has 10 nitrogen and oxygen atoms in total. The topological polar surface area (TPSA) is 120 Å². The lowest BCUT2D eigenvalue weighted by Crippen LogP contribution is -2.56. The van der Waals surface area contributed by atoms with Gasteiger partial charge in [0.2, 0.25) is 17.7 Å². The Labute approximate surface area is 243 Å². The van der Waals surface area contributed by atoms with Gasteiger partial charge in [-0.3, -0.25) is 19.3 Å². The predicted molar refractivity (Wildman–Crippen MR) is 153 cm³/mol. The van der Waals surface area contributed by atoms with Gasteiger partial charge >= 0.3 is 0 Å². The normalized spacial score (nSPS) is 32.8. The molecular formula is C31H46N4O6. The van der Waals surface area contributed by atoms with Gasteiger partial charge in [-0.15, -0.1) is 0 Å². The van der Waals surface area contributed by atoms with Gasteiger partial charge in [-0.1, -0.05) is 50.1 Å². The molecule has 3 unspecified atom stereocenters. The van der Waals surface area contributed by atoms with Crippen molar-refractivity contribution in [3.05, 3.63) is 35.9 Å². The first-order valence-electron chi connectivity index (χ1n) is 15.3. The number of aliphatic hydroxyl groups is 1. The van der Waals surface area contributed by atoms with E-state index < -0.39 is 29.1 Å². The number of aliphatic hydroxyl groups excluding tert-OH is 1. The lowest BCUT2D eigenvalue weighted by molar-refractivity contribution is -0.147. The lowest BCUT2D eigenvalue weighted by atomic mass is 9.62. The van der Waals surface area contributed by atoms with E-state index in [1.54, 1.807) is 4.90 Å². The van der Waals surface area contributed by atoms with Crippen molar-refractivity contribution in [2.75, 3.05) is 52.5 Å². The number of nitrogens with one attached hydrogen (secondary N) is 2. The van der Waals surface area contributed by atoms with Crippen LogP contribution < -0.4 is 10.6 Å². The molecule has 0 aromatic heterocycles. The second kappa shape index (κ2) is 12.8. The fraction of sp³-hybridized carbons (Fsp3) is 0.710. The predicted octanol–water partition coefficient (Wildman–Crippen LogP) is 1.31. The third kappa shape index (κ3) is 5.76. The molecule has 4 aliphatic rings. The van der Waals surface area contributed by atoms with Gasteiger partial charge in [0.1, 0.15) is 11.6 Å². The molecule has 226 valence electrons. The van der Waals surface area contributed by atoms with Crippen LogP contribution in [0, 0.1) is 17.8 Å². The summed E-state index contributed by atoms with van der Waals surface area (Å²) in [7, 11) is 0. The Morgan fingerprint density at radius 1 is 1.02 bits per heavy atom. The zero-order valence-corrected chi connectivity index (χ0v) is 24.5. The molecule has 0 aliphatic carbocycles. The number of unbranched alkanes of at least 4 members (excludes halogenated alkanes) is 3. The number of hydrogen-bond donors (Lipinski definition) is 3. The zero-order chi connectivity index (χ0) is 29.0. The van der Waals surface area contributed by atoms with Crippen molar-refractivity contribution < 1.29 is 29.0 Å². The molecule has 0 saturated carbocycles. The Kier molecular flexibility index (Phi) is 9.33. The Balaban J connectivity index is 1.36. The van der Waals surface area contributed by atoms with Crippen molar-refractivity contribution in [1.29, 1.82) is 0 Å². The summed E-state index contributed by atoms with van der Waals surface area (Å²) >= 11 is 0. The summed E-state index contributed by atoms with van der Waals surface area (Å²) in [4.78, 5) is 45.9. The average molecular weight is 571 g/mol. The van der Waals surface area contributed by atoms with Crippen LogP contribution in [-0.4, -0.2) is 102 Å². The Bertz CT molecular complexity index is 1080. The van der Waals surface area contributed by atoms with E-state index in [1.165, 1.54) is 0 Å². The summed E-state index contributed by atoms with van der Waals surface area (Å²) in [6, 6.07) is 8.94. The van der Waals surface area contributed by atoms with Crippen LogP contribution in [0.3, 0.4) is 0 Å². The van der Waals surface area contributed by atoms with Crippen molar-refractivity contribution in [1.82, 2.24) is 20.4 Å². The van der Waals surface area contributed by atoms with E-state index in [1.807, 2.05) is 37.3 Å². The molecule has 4 saturated heterocycles. The number of rotatable bonds is 13. The van der Waals surface area contributed by atoms with Crippen LogP contribution >= 0.6 is 0 Å². The van der Waals surface area contributed by atoms with E-state index in [9.17, 15) is 14.4 Å². The van der Waals surface area contributed by atoms with Crippen LogP contribution in [0.15, 0.2) is 30.3 Å². The van der Waals surface area contributed by atoms with Gasteiger partial charge in [-0.2, -0.15) is 0 Å². The third-order valence-electron chi connectivity index (χ3n) is 9.79. The van der Waals surface area contributed by atoms with Crippen molar-refractivity contribution in [3.8, 4) is 0 Å². The van der Waals surface area contributed by atoms with E-state index in [2.05, 4.69) is 22.5 Å². The molecule has 5 rings (SSSR count). The van der Waals surface area contributed by atoms with Gasteiger partial charge in [-0.25, -0.2) is 0 Å². The number of benzene rings is 1. The number of fused-ring (bicyclic) bond motifs is 1. The summed E-state index contributed by atoms with van der Waals surface area (Å²) < 4.78 is 12.2. The molecule has 2 bridgehead atoms. The van der Waals surface area contributed by atoms with Gasteiger partial charge in [0, 0.05) is 45.9 Å². The maximum atomic E-state index is 14.2. The lowest BCUT2D eigenvalue weighted by Gasteiger charge is -2.36. The summed E-state index contributed by atoms with van der Waals surface area (Å²) in [5, 5.41) is 15.3. The van der Waals surface area contributed by atoms with Gasteiger partial charge in [-0.05, 0) is 37.7 Å². The highest BCUT2D eigenvalue weighted by molar-refractivity contribution is 5.99. The Morgan fingerprint density at radius 2 is 1.76 bits per heavy atom. The molecule has 3 amide bonds. The van der Waals surface area contributed by atoms with Crippen LogP contribution in [0.5, 0.6) is 0 Å². The first-order valence-corrected chi connectivity index (χ1v) is 15.3. The maximum absolute atomic E-state index is 14.2. The third-order valence-corrected chi connectivity index (χ3v) is 9.79. The van der Waals surface area contributed by atoms with E-state index in [0.29, 0.717) is 52.2 Å². The number of ether oxygens (including phenoxy) is 2. The molecule has 6 atom stereocenters. The fourth-order valence-electron chi connectivity index (χ4n) is 7.58. The van der Waals surface area contributed by atoms with Crippen LogP contribution in [0.25, 0.3) is 0 Å². The van der Waals surface area contributed by atoms with Crippen LogP contribution in [0.2, 0.25) is 0 Å². The van der Waals surface area contributed by atoms with Crippen molar-refractivity contribution in [2.45, 2.75) is 69.7 Å². The highest BCUT2D eigenvalue weighted by Gasteiger charge is 2.79. The minimum absolute atomic E-state index is 0.00665. The second-order valence-electron chi connectivity index (χ2n) is 12.3. The first-order chi connectivity index (χ1) is 19.8. The van der Waals surface area contributed by atoms with Crippen LogP contribution in [0.4, 0.5) is 0 Å². The quantitative estimate of drug-likeness (QED) is 0.306. The fourth-order valence-corrected chi connectivity index (χ4v) is 7.58. The molecule has 10 heteroatoms. The van der Waals surface area contributed by atoms with E-state index in [-0.39, 0.29) is 30.2 Å². The Morgan fingerprint density at radius 3 is 2.49 bits per heavy atom. The molecule has 1 aromatic carbocycles. The molecule has 0 radical (unpaired) electrons. The maximum Gasteiger partial charge on any atom is 0.245 e. The average Bonchev–Trinajstić information content (AvgIpc) is 3.49. The summed E-state index contributed by atoms with van der Waals surface area (Å²) in [6.45, 7) is 9.20. The molecule has 4 aliphatic heterocycles. The molecular weight excluding hydrogens is 524 g/mol. The molecule has 4 heterocycles. The van der Waals surface area contributed by atoms with Gasteiger partial charge in [0.05, 0.1) is 30.7 Å². The zero-order valence-electron chi connectivity index (χ0n) is 24.5. The van der Waals surface area contributed by atoms with Crippen LogP contribution in [-0.2, 0) is 30.4 Å². The number of carbonyl (C=O) groups excluding carboxylic acids is 3. The van der Waals surface area contributed by atoms with E-state index in [4.69, 9.17) is 14.6 Å². The summed E-state index contributed by atoms with van der Waals surface area (Å²) in [5.74, 6) is -1.92. The first kappa shape index (κ1) is 29.9. The smallest absolute Gasteiger partial charge is 0.245 e. The van der Waals surface area contributed by atoms with Crippen molar-refractivity contribution in [2.24, 2.45) is 17.8 Å². The standard InChI is InChI=1S/C31H46N4O6/c1-22-20-31-25(24(30(22,2)41-31)27(37)33-21-23-10-6-5-7-11-23)29(39)35(13-8-3-4-9-17-36)26(31)28(38)32-12-14-34-15-18-40-19-16-34/h5-7,10-11,22,24-26,36H,3-4,8-9,12-21H2,1-2H3,(H,32,38)(H,33,37)/t22?,24-,25+,26?,30+,31?/m1/s1. The Hall–Kier alpha value is -2.53. The van der Waals surface area contributed by atoms with Crippen molar-refractivity contribution in [3.63, 3.8) is 0 Å². The van der Waals surface area contributed by atoms with E-state index in [0.717, 1.165) is 37.9 Å². The van der Waals surface area contributed by atoms with Gasteiger partial charge in [0.25, 0.3) is 0 Å². The largest absolute Gasteiger partial charge is 0.396 e. The molecule has 4 fully saturated rings. The van der Waals surface area contributed by atoms with Gasteiger partial charge < -0.3 is 30.1 Å². The SMILES string of the molecule is CC1CC23O[C@]1(C)[C@@H](C(=O)NCc1ccccc1)[C@H]2C(=O)N(CCCCCCO)C3C(=O)NCCN1CCOCC1. The second-order valence-corrected chi connectivity index (χ2v) is 12.3. The van der Waals surface area contributed by atoms with Crippen molar-refractivity contribution >= 4 is 17.7 Å². The number of morpholine rings is 1. The number of likely N-dealkylation sites (tertiary alicyclic amines) is 1. The molecule has 1 aromatic rings. The number of hydrogen-bond acceptors (Lipinski definition) is 7. The van der Waals surface area contributed by atoms with E-state index >= 15 is 0 Å². The molecule has 41 heavy (non-hydrogen) atoms. The number of nitrogens with zero attached hydrogens (tertiary/aromatic N) is 2. The monoisotopic (exact) mass is 570 g/mol. The highest BCUT2D eigenvalue weighted by Crippen LogP contribution is 2.65. The minimum Gasteiger partial charge on any atom is -0.396 e.